The zero-order valence-electron chi connectivity index (χ0n) is 19.7. The summed E-state index contributed by atoms with van der Waals surface area (Å²) in [6.45, 7) is 1.33. The largest absolute Gasteiger partial charge is 0.494 e. The van der Waals surface area contributed by atoms with Crippen molar-refractivity contribution in [3.63, 3.8) is 0 Å². The van der Waals surface area contributed by atoms with Gasteiger partial charge in [-0.2, -0.15) is 0 Å². The van der Waals surface area contributed by atoms with Gasteiger partial charge in [0.15, 0.2) is 5.75 Å². The van der Waals surface area contributed by atoms with E-state index < -0.39 is 0 Å². The quantitative estimate of drug-likeness (QED) is 0.552. The third-order valence-corrected chi connectivity index (χ3v) is 6.84. The Bertz CT molecular complexity index is 1240. The van der Waals surface area contributed by atoms with Gasteiger partial charge in [-0.15, -0.1) is 0 Å². The number of aryl methyl sites for hydroxylation is 1. The van der Waals surface area contributed by atoms with E-state index in [1.165, 1.54) is 11.8 Å². The van der Waals surface area contributed by atoms with Crippen molar-refractivity contribution in [2.75, 3.05) is 20.3 Å². The van der Waals surface area contributed by atoms with Crippen LogP contribution >= 0.6 is 0 Å². The van der Waals surface area contributed by atoms with Crippen LogP contribution in [-0.4, -0.2) is 45.9 Å². The van der Waals surface area contributed by atoms with E-state index in [1.54, 1.807) is 31.1 Å². The van der Waals surface area contributed by atoms with E-state index in [1.807, 2.05) is 6.07 Å². The Balaban J connectivity index is 1.33. The second-order valence-corrected chi connectivity index (χ2v) is 9.06. The first kappa shape index (κ1) is 22.5. The van der Waals surface area contributed by atoms with Crippen LogP contribution in [0.2, 0.25) is 0 Å². The van der Waals surface area contributed by atoms with Crippen LogP contribution in [0.1, 0.15) is 43.5 Å². The van der Waals surface area contributed by atoms with Gasteiger partial charge in [-0.3, -0.25) is 4.79 Å². The highest BCUT2D eigenvalue weighted by atomic mass is 16.5. The van der Waals surface area contributed by atoms with Crippen molar-refractivity contribution in [1.29, 1.82) is 0 Å². The average molecular weight is 463 g/mol. The van der Waals surface area contributed by atoms with Gasteiger partial charge in [0.05, 0.1) is 50.5 Å². The van der Waals surface area contributed by atoms with Crippen LogP contribution in [0.3, 0.4) is 0 Å². The van der Waals surface area contributed by atoms with Crippen molar-refractivity contribution in [1.82, 2.24) is 19.5 Å². The van der Waals surface area contributed by atoms with Crippen molar-refractivity contribution < 1.29 is 14.2 Å². The third kappa shape index (κ3) is 4.82. The van der Waals surface area contributed by atoms with Gasteiger partial charge in [-0.05, 0) is 61.3 Å². The smallest absolute Gasteiger partial charge is 0.269 e. The molecule has 3 aromatic rings. The summed E-state index contributed by atoms with van der Waals surface area (Å²) in [7, 11) is 3.39. The number of benzene rings is 1. The van der Waals surface area contributed by atoms with E-state index in [-0.39, 0.29) is 11.7 Å². The molecule has 1 aliphatic carbocycles. The van der Waals surface area contributed by atoms with Gasteiger partial charge in [0, 0.05) is 13.5 Å². The van der Waals surface area contributed by atoms with Gasteiger partial charge in [0.2, 0.25) is 0 Å². The Morgan fingerprint density at radius 1 is 1.09 bits per heavy atom. The summed E-state index contributed by atoms with van der Waals surface area (Å²) in [4.78, 5) is 25.6. The second-order valence-electron chi connectivity index (χ2n) is 9.06. The Labute approximate surface area is 198 Å². The number of aromatic nitrogens is 4. The lowest BCUT2D eigenvalue weighted by atomic mass is 9.85. The summed E-state index contributed by atoms with van der Waals surface area (Å²) >= 11 is 0. The standard InChI is InChI=1S/C26H30N4O4/c1-30-25(31)16-27-22-12-19(18-7-9-33-10-8-18)13-23(26(22)30)34-20-5-3-17(4-6-20)11-24-28-14-21(32-2)15-29-24/h7,12-17,20H,3-6,8-11H2,1-2H3. The number of hydrogen-bond donors (Lipinski definition) is 0. The predicted octanol–water partition coefficient (Wildman–Crippen LogP) is 3.72. The van der Waals surface area contributed by atoms with Gasteiger partial charge in [0.25, 0.3) is 5.56 Å². The predicted molar refractivity (Wildman–Crippen MR) is 129 cm³/mol. The Hall–Kier alpha value is -3.26. The van der Waals surface area contributed by atoms with Crippen LogP contribution in [-0.2, 0) is 18.2 Å². The average Bonchev–Trinajstić information content (AvgIpc) is 2.88. The second kappa shape index (κ2) is 9.93. The highest BCUT2D eigenvalue weighted by molar-refractivity contribution is 5.86. The molecule has 0 unspecified atom stereocenters. The molecule has 1 fully saturated rings. The van der Waals surface area contributed by atoms with Crippen molar-refractivity contribution >= 4 is 16.6 Å². The summed E-state index contributed by atoms with van der Waals surface area (Å²) < 4.78 is 18.8. The first-order valence-corrected chi connectivity index (χ1v) is 11.9. The van der Waals surface area contributed by atoms with Crippen molar-refractivity contribution in [3.8, 4) is 11.5 Å². The Kier molecular flexibility index (Phi) is 6.58. The van der Waals surface area contributed by atoms with Gasteiger partial charge >= 0.3 is 0 Å². The number of fused-ring (bicyclic) bond motifs is 1. The molecule has 34 heavy (non-hydrogen) atoms. The molecule has 2 aromatic heterocycles. The molecule has 1 aliphatic heterocycles. The minimum Gasteiger partial charge on any atom is -0.494 e. The van der Waals surface area contributed by atoms with Crippen LogP contribution < -0.4 is 15.0 Å². The monoisotopic (exact) mass is 462 g/mol. The zero-order valence-corrected chi connectivity index (χ0v) is 19.7. The van der Waals surface area contributed by atoms with Crippen LogP contribution in [0.5, 0.6) is 11.5 Å². The number of ether oxygens (including phenoxy) is 3. The lowest BCUT2D eigenvalue weighted by Gasteiger charge is -2.29. The first-order chi connectivity index (χ1) is 16.6. The Morgan fingerprint density at radius 2 is 1.88 bits per heavy atom. The molecule has 178 valence electrons. The molecule has 0 bridgehead atoms. The number of rotatable bonds is 6. The lowest BCUT2D eigenvalue weighted by Crippen LogP contribution is -2.26. The summed E-state index contributed by atoms with van der Waals surface area (Å²) in [5.41, 5.74) is 3.70. The number of nitrogens with zero attached hydrogens (tertiary/aromatic N) is 4. The maximum atomic E-state index is 12.3. The van der Waals surface area contributed by atoms with Gasteiger partial charge in [0.1, 0.15) is 17.1 Å². The lowest BCUT2D eigenvalue weighted by molar-refractivity contribution is 0.131. The minimum absolute atomic E-state index is 0.102. The molecule has 0 N–H and O–H groups in total. The fraction of sp³-hybridized carbons (Fsp3) is 0.462. The van der Waals surface area contributed by atoms with E-state index in [0.717, 1.165) is 66.7 Å². The SMILES string of the molecule is COc1cnc(CC2CCC(Oc3cc(C4=CCOCC4)cc4ncc(=O)n(C)c34)CC2)nc1. The molecular formula is C26H30N4O4. The Morgan fingerprint density at radius 3 is 2.59 bits per heavy atom. The molecule has 0 radical (unpaired) electrons. The van der Waals surface area contributed by atoms with Crippen LogP contribution in [0.15, 0.2) is 41.6 Å². The summed E-state index contributed by atoms with van der Waals surface area (Å²) in [5.74, 6) is 2.80. The molecule has 0 amide bonds. The topological polar surface area (TPSA) is 88.4 Å². The summed E-state index contributed by atoms with van der Waals surface area (Å²) in [5, 5.41) is 0. The molecular weight excluding hydrogens is 432 g/mol. The van der Waals surface area contributed by atoms with Crippen molar-refractivity contribution in [2.45, 2.75) is 44.6 Å². The maximum absolute atomic E-state index is 12.3. The van der Waals surface area contributed by atoms with E-state index in [2.05, 4.69) is 27.1 Å². The third-order valence-electron chi connectivity index (χ3n) is 6.84. The zero-order chi connectivity index (χ0) is 23.5. The fourth-order valence-electron chi connectivity index (χ4n) is 4.86. The first-order valence-electron chi connectivity index (χ1n) is 11.9. The highest BCUT2D eigenvalue weighted by Crippen LogP contribution is 2.35. The summed E-state index contributed by atoms with van der Waals surface area (Å²) in [6, 6.07) is 4.11. The molecule has 0 spiro atoms. The molecule has 8 heteroatoms. The number of methoxy groups -OCH3 is 1. The van der Waals surface area contributed by atoms with E-state index in [9.17, 15) is 4.79 Å². The molecule has 1 saturated carbocycles. The van der Waals surface area contributed by atoms with Gasteiger partial charge in [-0.25, -0.2) is 15.0 Å². The van der Waals surface area contributed by atoms with Gasteiger partial charge in [-0.1, -0.05) is 6.08 Å². The molecule has 2 aliphatic rings. The fourth-order valence-corrected chi connectivity index (χ4v) is 4.86. The number of hydrogen-bond acceptors (Lipinski definition) is 7. The van der Waals surface area contributed by atoms with Crippen molar-refractivity contribution in [2.24, 2.45) is 13.0 Å². The molecule has 0 atom stereocenters. The molecule has 1 aromatic carbocycles. The van der Waals surface area contributed by atoms with Crippen LogP contribution in [0.4, 0.5) is 0 Å². The van der Waals surface area contributed by atoms with Crippen molar-refractivity contribution in [3.05, 3.63) is 58.5 Å². The normalized spacial score (nSPS) is 20.7. The molecule has 0 saturated heterocycles. The summed E-state index contributed by atoms with van der Waals surface area (Å²) in [6.07, 6.45) is 12.8. The van der Waals surface area contributed by atoms with E-state index >= 15 is 0 Å². The highest BCUT2D eigenvalue weighted by Gasteiger charge is 2.25. The maximum Gasteiger partial charge on any atom is 0.269 e. The molecule has 8 nitrogen and oxygen atoms in total. The van der Waals surface area contributed by atoms with E-state index in [0.29, 0.717) is 24.9 Å². The minimum atomic E-state index is -0.140. The van der Waals surface area contributed by atoms with Crippen LogP contribution in [0.25, 0.3) is 16.6 Å². The molecule has 3 heterocycles. The van der Waals surface area contributed by atoms with Gasteiger partial charge < -0.3 is 18.8 Å². The molecule has 5 rings (SSSR count). The van der Waals surface area contributed by atoms with E-state index in [4.69, 9.17) is 14.2 Å². The van der Waals surface area contributed by atoms with Crippen LogP contribution in [0, 0.1) is 5.92 Å².